The Hall–Kier alpha value is -3.29. The van der Waals surface area contributed by atoms with Crippen LogP contribution < -0.4 is 5.32 Å². The van der Waals surface area contributed by atoms with Crippen LogP contribution in [0, 0.1) is 5.82 Å². The van der Waals surface area contributed by atoms with E-state index in [1.165, 1.54) is 12.1 Å². The zero-order chi connectivity index (χ0) is 20.9. The van der Waals surface area contributed by atoms with Crippen molar-refractivity contribution in [3.05, 3.63) is 59.8 Å². The number of rotatable bonds is 6. The number of aromatic nitrogens is 2. The molecule has 0 unspecified atom stereocenters. The zero-order valence-corrected chi connectivity index (χ0v) is 16.5. The number of hydrogen-bond donors (Lipinski definition) is 1. The smallest absolute Gasteiger partial charge is 0.223 e. The van der Waals surface area contributed by atoms with E-state index in [2.05, 4.69) is 15.5 Å². The minimum atomic E-state index is -0.352. The molecule has 8 heteroatoms. The van der Waals surface area contributed by atoms with Gasteiger partial charge in [-0.15, -0.1) is 0 Å². The van der Waals surface area contributed by atoms with E-state index in [0.717, 1.165) is 29.5 Å². The highest BCUT2D eigenvalue weighted by Gasteiger charge is 2.27. The fourth-order valence-electron chi connectivity index (χ4n) is 3.80. The normalized spacial score (nSPS) is 14.8. The van der Waals surface area contributed by atoms with E-state index < -0.39 is 0 Å². The number of benzene rings is 1. The number of fused-ring (bicyclic) bond motifs is 1. The molecule has 1 aromatic carbocycles. The van der Waals surface area contributed by atoms with Gasteiger partial charge >= 0.3 is 0 Å². The topological polar surface area (TPSA) is 88.3 Å². The quantitative estimate of drug-likeness (QED) is 0.674. The lowest BCUT2D eigenvalue weighted by Crippen LogP contribution is -2.38. The van der Waals surface area contributed by atoms with Gasteiger partial charge in [-0.25, -0.2) is 4.39 Å². The second kappa shape index (κ2) is 9.02. The lowest BCUT2D eigenvalue weighted by atomic mass is 9.91. The third kappa shape index (κ3) is 4.64. The fourth-order valence-corrected chi connectivity index (χ4v) is 3.80. The SMILES string of the molecule is O=C(CCC(=O)N1CCC(c2noc3cc(F)ccc23)CC1)NCc1cccnc1. The number of nitrogens with zero attached hydrogens (tertiary/aromatic N) is 3. The Morgan fingerprint density at radius 2 is 2.03 bits per heavy atom. The molecule has 156 valence electrons. The van der Waals surface area contributed by atoms with Gasteiger partial charge in [-0.05, 0) is 36.6 Å². The third-order valence-electron chi connectivity index (χ3n) is 5.47. The van der Waals surface area contributed by atoms with Gasteiger partial charge in [0.25, 0.3) is 0 Å². The Labute approximate surface area is 173 Å². The number of halogens is 1. The second-order valence-corrected chi connectivity index (χ2v) is 7.50. The van der Waals surface area contributed by atoms with Crippen LogP contribution in [-0.2, 0) is 16.1 Å². The highest BCUT2D eigenvalue weighted by Crippen LogP contribution is 2.32. The maximum absolute atomic E-state index is 13.3. The van der Waals surface area contributed by atoms with Crippen molar-refractivity contribution in [2.75, 3.05) is 13.1 Å². The van der Waals surface area contributed by atoms with Gasteiger partial charge < -0.3 is 14.7 Å². The predicted octanol–water partition coefficient (Wildman–Crippen LogP) is 3.16. The molecular weight excluding hydrogens is 387 g/mol. The number of likely N-dealkylation sites (tertiary alicyclic amines) is 1. The molecule has 4 rings (SSSR count). The van der Waals surface area contributed by atoms with Crippen LogP contribution in [0.25, 0.3) is 11.0 Å². The Bertz CT molecular complexity index is 1030. The summed E-state index contributed by atoms with van der Waals surface area (Å²) >= 11 is 0. The maximum Gasteiger partial charge on any atom is 0.223 e. The molecule has 1 N–H and O–H groups in total. The minimum absolute atomic E-state index is 0.0166. The molecule has 3 heterocycles. The van der Waals surface area contributed by atoms with Gasteiger partial charge in [0.2, 0.25) is 11.8 Å². The van der Waals surface area contributed by atoms with Crippen molar-refractivity contribution in [2.24, 2.45) is 0 Å². The Morgan fingerprint density at radius 1 is 1.20 bits per heavy atom. The summed E-state index contributed by atoms with van der Waals surface area (Å²) in [5, 5.41) is 7.77. The average Bonchev–Trinajstić information content (AvgIpc) is 3.20. The van der Waals surface area contributed by atoms with Crippen LogP contribution in [0.1, 0.15) is 42.9 Å². The summed E-state index contributed by atoms with van der Waals surface area (Å²) in [6.07, 6.45) is 5.26. The van der Waals surface area contributed by atoms with E-state index in [1.54, 1.807) is 23.4 Å². The van der Waals surface area contributed by atoms with Crippen LogP contribution in [0.15, 0.2) is 47.2 Å². The molecule has 1 fully saturated rings. The van der Waals surface area contributed by atoms with E-state index in [0.29, 0.717) is 25.2 Å². The Balaban J connectivity index is 1.23. The molecule has 0 aliphatic carbocycles. The van der Waals surface area contributed by atoms with Crippen LogP contribution in [-0.4, -0.2) is 39.9 Å². The summed E-state index contributed by atoms with van der Waals surface area (Å²) < 4.78 is 18.6. The third-order valence-corrected chi connectivity index (χ3v) is 5.47. The van der Waals surface area contributed by atoms with Gasteiger partial charge in [-0.2, -0.15) is 0 Å². The average molecular weight is 410 g/mol. The van der Waals surface area contributed by atoms with Crippen LogP contribution in [0.5, 0.6) is 0 Å². The number of piperidine rings is 1. The molecule has 0 saturated carbocycles. The molecule has 0 bridgehead atoms. The number of nitrogens with one attached hydrogen (secondary N) is 1. The molecular formula is C22H23FN4O3. The number of hydrogen-bond acceptors (Lipinski definition) is 5. The summed E-state index contributed by atoms with van der Waals surface area (Å²) in [5.41, 5.74) is 2.19. The van der Waals surface area contributed by atoms with Gasteiger partial charge in [0.1, 0.15) is 5.82 Å². The molecule has 0 atom stereocenters. The molecule has 0 spiro atoms. The predicted molar refractivity (Wildman–Crippen MR) is 108 cm³/mol. The molecule has 2 aromatic heterocycles. The zero-order valence-electron chi connectivity index (χ0n) is 16.5. The molecule has 2 amide bonds. The standard InChI is InChI=1S/C22H23FN4O3/c23-17-3-4-18-19(12-17)30-26-22(18)16-7-10-27(11-8-16)21(29)6-5-20(28)25-14-15-2-1-9-24-13-15/h1-4,9,12-13,16H,5-8,10-11,14H2,(H,25,28). The first-order valence-corrected chi connectivity index (χ1v) is 10.1. The van der Waals surface area contributed by atoms with Gasteiger partial charge in [-0.3, -0.25) is 14.6 Å². The first kappa shape index (κ1) is 20.0. The summed E-state index contributed by atoms with van der Waals surface area (Å²) in [6.45, 7) is 1.62. The van der Waals surface area contributed by atoms with E-state index in [1.807, 2.05) is 12.1 Å². The maximum atomic E-state index is 13.3. The van der Waals surface area contributed by atoms with Gasteiger partial charge in [-0.1, -0.05) is 11.2 Å². The molecule has 1 aliphatic rings. The summed E-state index contributed by atoms with van der Waals surface area (Å²) in [4.78, 5) is 30.3. The molecule has 1 saturated heterocycles. The van der Waals surface area contributed by atoms with Crippen LogP contribution in [0.3, 0.4) is 0 Å². The Kier molecular flexibility index (Phi) is 6.02. The summed E-state index contributed by atoms with van der Waals surface area (Å²) in [6, 6.07) is 8.13. The van der Waals surface area contributed by atoms with Gasteiger partial charge in [0, 0.05) is 62.2 Å². The number of carbonyl (C=O) groups is 2. The monoisotopic (exact) mass is 410 g/mol. The van der Waals surface area contributed by atoms with Crippen LogP contribution in [0.4, 0.5) is 4.39 Å². The van der Waals surface area contributed by atoms with Gasteiger partial charge in [0.15, 0.2) is 5.58 Å². The molecule has 0 radical (unpaired) electrons. The first-order valence-electron chi connectivity index (χ1n) is 10.1. The van der Waals surface area contributed by atoms with Crippen molar-refractivity contribution in [3.8, 4) is 0 Å². The highest BCUT2D eigenvalue weighted by atomic mass is 19.1. The molecule has 1 aliphatic heterocycles. The van der Waals surface area contributed by atoms with E-state index in [4.69, 9.17) is 4.52 Å². The Morgan fingerprint density at radius 3 is 2.80 bits per heavy atom. The van der Waals surface area contributed by atoms with Crippen molar-refractivity contribution < 1.29 is 18.5 Å². The van der Waals surface area contributed by atoms with Crippen molar-refractivity contribution in [1.82, 2.24) is 20.4 Å². The fraction of sp³-hybridized carbons (Fsp3) is 0.364. The lowest BCUT2D eigenvalue weighted by Gasteiger charge is -2.31. The van der Waals surface area contributed by atoms with Crippen LogP contribution >= 0.6 is 0 Å². The summed E-state index contributed by atoms with van der Waals surface area (Å²) in [5.74, 6) is -0.348. The number of amides is 2. The van der Waals surface area contributed by atoms with E-state index in [9.17, 15) is 14.0 Å². The van der Waals surface area contributed by atoms with Gasteiger partial charge in [0.05, 0.1) is 5.69 Å². The molecule has 30 heavy (non-hydrogen) atoms. The van der Waals surface area contributed by atoms with E-state index in [-0.39, 0.29) is 36.4 Å². The number of carbonyl (C=O) groups excluding carboxylic acids is 2. The largest absolute Gasteiger partial charge is 0.356 e. The van der Waals surface area contributed by atoms with Crippen molar-refractivity contribution in [1.29, 1.82) is 0 Å². The molecule has 7 nitrogen and oxygen atoms in total. The van der Waals surface area contributed by atoms with Crippen molar-refractivity contribution >= 4 is 22.8 Å². The highest BCUT2D eigenvalue weighted by molar-refractivity contribution is 5.84. The van der Waals surface area contributed by atoms with Crippen LogP contribution in [0.2, 0.25) is 0 Å². The lowest BCUT2D eigenvalue weighted by molar-refractivity contribution is -0.134. The van der Waals surface area contributed by atoms with Crippen molar-refractivity contribution in [2.45, 2.75) is 38.1 Å². The van der Waals surface area contributed by atoms with E-state index >= 15 is 0 Å². The second-order valence-electron chi connectivity index (χ2n) is 7.50. The summed E-state index contributed by atoms with van der Waals surface area (Å²) in [7, 11) is 0. The number of pyridine rings is 1. The molecule has 3 aromatic rings. The van der Waals surface area contributed by atoms with Crippen molar-refractivity contribution in [3.63, 3.8) is 0 Å². The first-order chi connectivity index (χ1) is 14.6. The minimum Gasteiger partial charge on any atom is -0.356 e.